The molecule has 2 aliphatic heterocycles. The van der Waals surface area contributed by atoms with Gasteiger partial charge in [0.2, 0.25) is 10.0 Å². The normalized spacial score (nSPS) is 25.0. The van der Waals surface area contributed by atoms with E-state index >= 15 is 0 Å². The van der Waals surface area contributed by atoms with E-state index in [1.807, 2.05) is 25.3 Å². The number of aryl methyl sites for hydroxylation is 1. The molecule has 1 saturated carbocycles. The fourth-order valence-corrected chi connectivity index (χ4v) is 7.56. The first-order valence-corrected chi connectivity index (χ1v) is 12.8. The smallest absolute Gasteiger partial charge is 0.244 e. The summed E-state index contributed by atoms with van der Waals surface area (Å²) in [7, 11) is -3.60. The van der Waals surface area contributed by atoms with E-state index in [-0.39, 0.29) is 18.4 Å². The standard InChI is InChI=1S/C21H27BrN4O3S/c1-14-23-9-18-11-24(6-7-26(14)18)17-4-5-21(20(22)8-17)30(28,29)25-10-16(13-27)19(12-25)15-2-3-15/h4-5,8-9,15-16,19,27H,2-3,6-7,10-13H2,1H3/t16-,19-/m0/s1. The topological polar surface area (TPSA) is 78.7 Å². The molecule has 5 rings (SSSR count). The van der Waals surface area contributed by atoms with E-state index in [0.717, 1.165) is 44.0 Å². The van der Waals surface area contributed by atoms with Crippen molar-refractivity contribution in [3.63, 3.8) is 0 Å². The van der Waals surface area contributed by atoms with Crippen LogP contribution in [0.1, 0.15) is 24.4 Å². The molecule has 7 nitrogen and oxygen atoms in total. The highest BCUT2D eigenvalue weighted by Crippen LogP contribution is 2.45. The number of sulfonamides is 1. The number of aliphatic hydroxyl groups excluding tert-OH is 1. The Morgan fingerprint density at radius 2 is 2.03 bits per heavy atom. The molecule has 1 aromatic heterocycles. The Bertz CT molecular complexity index is 1070. The summed E-state index contributed by atoms with van der Waals surface area (Å²) in [6, 6.07) is 5.52. The first-order chi connectivity index (χ1) is 14.4. The number of rotatable bonds is 5. The van der Waals surface area contributed by atoms with Crippen molar-refractivity contribution in [2.75, 3.05) is 31.1 Å². The van der Waals surface area contributed by atoms with E-state index in [0.29, 0.717) is 28.4 Å². The summed E-state index contributed by atoms with van der Waals surface area (Å²) in [5, 5.41) is 9.73. The third kappa shape index (κ3) is 3.49. The largest absolute Gasteiger partial charge is 0.396 e. The van der Waals surface area contributed by atoms with Crippen LogP contribution in [0.4, 0.5) is 5.69 Å². The lowest BCUT2D eigenvalue weighted by Crippen LogP contribution is -2.34. The van der Waals surface area contributed by atoms with Crippen molar-refractivity contribution < 1.29 is 13.5 Å². The SMILES string of the molecule is Cc1ncc2n1CCN(c1ccc(S(=O)(=O)N3C[C@@H](CO)[C@H](C4CC4)C3)c(Br)c1)C2. The number of benzene rings is 1. The van der Waals surface area contributed by atoms with Gasteiger partial charge in [0.1, 0.15) is 5.82 Å². The summed E-state index contributed by atoms with van der Waals surface area (Å²) in [5.74, 6) is 1.93. The monoisotopic (exact) mass is 494 g/mol. The third-order valence-electron chi connectivity index (χ3n) is 6.90. The molecular weight excluding hydrogens is 468 g/mol. The number of aromatic nitrogens is 2. The summed E-state index contributed by atoms with van der Waals surface area (Å²) < 4.78 is 31.1. The van der Waals surface area contributed by atoms with Crippen molar-refractivity contribution in [3.05, 3.63) is 40.4 Å². The van der Waals surface area contributed by atoms with Crippen LogP contribution in [0, 0.1) is 24.7 Å². The van der Waals surface area contributed by atoms with Crippen molar-refractivity contribution in [1.29, 1.82) is 0 Å². The van der Waals surface area contributed by atoms with Crippen LogP contribution in [0.15, 0.2) is 33.8 Å². The molecular formula is C21H27BrN4O3S. The van der Waals surface area contributed by atoms with Crippen LogP contribution in [-0.2, 0) is 23.1 Å². The molecule has 9 heteroatoms. The Kier molecular flexibility index (Phi) is 5.20. The van der Waals surface area contributed by atoms with Gasteiger partial charge in [0, 0.05) is 48.9 Å². The van der Waals surface area contributed by atoms with Crippen LogP contribution in [0.5, 0.6) is 0 Å². The van der Waals surface area contributed by atoms with E-state index in [9.17, 15) is 13.5 Å². The molecule has 0 radical (unpaired) electrons. The minimum absolute atomic E-state index is 0.0481. The Hall–Kier alpha value is -1.42. The van der Waals surface area contributed by atoms with Crippen LogP contribution >= 0.6 is 15.9 Å². The minimum atomic E-state index is -3.60. The number of hydrogen-bond acceptors (Lipinski definition) is 5. The summed E-state index contributed by atoms with van der Waals surface area (Å²) in [5.41, 5.74) is 2.17. The van der Waals surface area contributed by atoms with Gasteiger partial charge in [0.05, 0.1) is 23.3 Å². The van der Waals surface area contributed by atoms with E-state index in [1.54, 1.807) is 10.4 Å². The molecule has 0 bridgehead atoms. The van der Waals surface area contributed by atoms with Gasteiger partial charge in [-0.05, 0) is 65.7 Å². The number of aliphatic hydroxyl groups is 1. The fourth-order valence-electron chi connectivity index (χ4n) is 5.00. The second kappa shape index (κ2) is 7.62. The van der Waals surface area contributed by atoms with Crippen molar-refractivity contribution in [1.82, 2.24) is 13.9 Å². The number of hydrogen-bond donors (Lipinski definition) is 1. The number of anilines is 1. The molecule has 2 aromatic rings. The van der Waals surface area contributed by atoms with Crippen molar-refractivity contribution in [2.45, 2.75) is 37.8 Å². The molecule has 0 spiro atoms. The van der Waals surface area contributed by atoms with Gasteiger partial charge < -0.3 is 14.6 Å². The number of imidazole rings is 1. The first-order valence-electron chi connectivity index (χ1n) is 10.5. The van der Waals surface area contributed by atoms with Crippen LogP contribution in [-0.4, -0.2) is 53.6 Å². The predicted molar refractivity (Wildman–Crippen MR) is 118 cm³/mol. The average Bonchev–Trinajstić information content (AvgIpc) is 3.37. The molecule has 2 atom stereocenters. The zero-order valence-electron chi connectivity index (χ0n) is 17.0. The molecule has 1 aromatic carbocycles. The lowest BCUT2D eigenvalue weighted by Gasteiger charge is -2.31. The average molecular weight is 495 g/mol. The fraction of sp³-hybridized carbons (Fsp3) is 0.571. The van der Waals surface area contributed by atoms with Gasteiger partial charge in [-0.2, -0.15) is 4.31 Å². The number of nitrogens with zero attached hydrogens (tertiary/aromatic N) is 4. The van der Waals surface area contributed by atoms with Gasteiger partial charge in [-0.15, -0.1) is 0 Å². The lowest BCUT2D eigenvalue weighted by atomic mass is 9.92. The molecule has 1 saturated heterocycles. The Morgan fingerprint density at radius 3 is 2.73 bits per heavy atom. The highest BCUT2D eigenvalue weighted by atomic mass is 79.9. The van der Waals surface area contributed by atoms with Gasteiger partial charge in [-0.3, -0.25) is 0 Å². The predicted octanol–water partition coefficient (Wildman–Crippen LogP) is 2.61. The van der Waals surface area contributed by atoms with Gasteiger partial charge >= 0.3 is 0 Å². The Morgan fingerprint density at radius 1 is 1.23 bits per heavy atom. The first kappa shape index (κ1) is 20.5. The summed E-state index contributed by atoms with van der Waals surface area (Å²) in [4.78, 5) is 6.95. The Labute approximate surface area is 185 Å². The van der Waals surface area contributed by atoms with Crippen molar-refractivity contribution in [3.8, 4) is 0 Å². The highest BCUT2D eigenvalue weighted by Gasteiger charge is 2.46. The second-order valence-corrected chi connectivity index (χ2v) is 11.5. The van der Waals surface area contributed by atoms with Crippen LogP contribution in [0.2, 0.25) is 0 Å². The molecule has 3 heterocycles. The molecule has 1 aliphatic carbocycles. The number of fused-ring (bicyclic) bond motifs is 1. The third-order valence-corrected chi connectivity index (χ3v) is 9.71. The molecule has 0 amide bonds. The maximum Gasteiger partial charge on any atom is 0.244 e. The zero-order chi connectivity index (χ0) is 21.0. The summed E-state index contributed by atoms with van der Waals surface area (Å²) >= 11 is 3.52. The van der Waals surface area contributed by atoms with E-state index in [4.69, 9.17) is 0 Å². The molecule has 0 unspecified atom stereocenters. The van der Waals surface area contributed by atoms with Crippen LogP contribution in [0.3, 0.4) is 0 Å². The summed E-state index contributed by atoms with van der Waals surface area (Å²) in [6.45, 7) is 5.48. The van der Waals surface area contributed by atoms with E-state index in [2.05, 4.69) is 30.4 Å². The zero-order valence-corrected chi connectivity index (χ0v) is 19.4. The Balaban J connectivity index is 1.37. The minimum Gasteiger partial charge on any atom is -0.396 e. The number of halogens is 1. The molecule has 1 N–H and O–H groups in total. The van der Waals surface area contributed by atoms with Gasteiger partial charge in [-0.25, -0.2) is 13.4 Å². The van der Waals surface area contributed by atoms with Gasteiger partial charge in [0.25, 0.3) is 0 Å². The summed E-state index contributed by atoms with van der Waals surface area (Å²) in [6.07, 6.45) is 4.22. The van der Waals surface area contributed by atoms with Crippen molar-refractivity contribution >= 4 is 31.6 Å². The quantitative estimate of drug-likeness (QED) is 0.690. The van der Waals surface area contributed by atoms with E-state index in [1.165, 1.54) is 5.69 Å². The molecule has 162 valence electrons. The van der Waals surface area contributed by atoms with Crippen molar-refractivity contribution in [2.24, 2.45) is 17.8 Å². The van der Waals surface area contributed by atoms with Crippen LogP contribution < -0.4 is 4.90 Å². The molecule has 30 heavy (non-hydrogen) atoms. The van der Waals surface area contributed by atoms with Gasteiger partial charge in [-0.1, -0.05) is 0 Å². The molecule has 3 aliphatic rings. The van der Waals surface area contributed by atoms with E-state index < -0.39 is 10.0 Å². The lowest BCUT2D eigenvalue weighted by molar-refractivity contribution is 0.195. The highest BCUT2D eigenvalue weighted by molar-refractivity contribution is 9.10. The molecule has 2 fully saturated rings. The maximum absolute atomic E-state index is 13.3. The maximum atomic E-state index is 13.3. The van der Waals surface area contributed by atoms with Crippen LogP contribution in [0.25, 0.3) is 0 Å². The van der Waals surface area contributed by atoms with Gasteiger partial charge in [0.15, 0.2) is 0 Å². The second-order valence-electron chi connectivity index (χ2n) is 8.75.